The number of fused-ring (bicyclic) bond motifs is 2. The van der Waals surface area contributed by atoms with E-state index in [1.807, 2.05) is 30.0 Å². The van der Waals surface area contributed by atoms with E-state index >= 15 is 0 Å². The molecule has 0 radical (unpaired) electrons. The highest BCUT2D eigenvalue weighted by Gasteiger charge is 2.43. The first-order chi connectivity index (χ1) is 16.8. The second kappa shape index (κ2) is 11.0. The van der Waals surface area contributed by atoms with Crippen molar-refractivity contribution in [1.29, 1.82) is 0 Å². The third-order valence-electron chi connectivity index (χ3n) is 6.93. The number of hydrogen-bond acceptors (Lipinski definition) is 4. The van der Waals surface area contributed by atoms with E-state index in [4.69, 9.17) is 9.47 Å². The van der Waals surface area contributed by atoms with Crippen molar-refractivity contribution in [3.63, 3.8) is 0 Å². The summed E-state index contributed by atoms with van der Waals surface area (Å²) in [6, 6.07) is 11.6. The number of ether oxygens (including phenoxy) is 2. The maximum atomic E-state index is 14.3. The van der Waals surface area contributed by atoms with Crippen LogP contribution in [0.3, 0.4) is 0 Å². The maximum absolute atomic E-state index is 14.3. The lowest BCUT2D eigenvalue weighted by molar-refractivity contribution is -0.0357. The second-order valence-electron chi connectivity index (χ2n) is 9.74. The van der Waals surface area contributed by atoms with Crippen LogP contribution in [0.25, 0.3) is 5.57 Å². The third kappa shape index (κ3) is 5.83. The average Bonchev–Trinajstić information content (AvgIpc) is 3.19. The molecule has 35 heavy (non-hydrogen) atoms. The molecule has 0 unspecified atom stereocenters. The van der Waals surface area contributed by atoms with E-state index < -0.39 is 5.92 Å². The predicted octanol–water partition coefficient (Wildman–Crippen LogP) is 6.80. The molecule has 2 aliphatic rings. The molecule has 2 aromatic rings. The van der Waals surface area contributed by atoms with Crippen molar-refractivity contribution in [2.24, 2.45) is 0 Å². The summed E-state index contributed by atoms with van der Waals surface area (Å²) in [4.78, 5) is 6.48. The number of alkyl halides is 3. The van der Waals surface area contributed by atoms with Gasteiger partial charge < -0.3 is 9.47 Å². The largest absolute Gasteiger partial charge is 0.481 e. The van der Waals surface area contributed by atoms with Crippen molar-refractivity contribution in [3.05, 3.63) is 58.7 Å². The van der Waals surface area contributed by atoms with Crippen LogP contribution < -0.4 is 9.47 Å². The van der Waals surface area contributed by atoms with Crippen LogP contribution in [0.5, 0.6) is 11.8 Å². The molecule has 7 heteroatoms. The Balaban J connectivity index is 1.64. The smallest absolute Gasteiger partial charge is 0.257 e. The molecule has 1 aromatic carbocycles. The molecule has 1 aliphatic heterocycles. The van der Waals surface area contributed by atoms with E-state index in [-0.39, 0.29) is 25.3 Å². The fourth-order valence-corrected chi connectivity index (χ4v) is 5.37. The Hall–Kier alpha value is -2.54. The summed E-state index contributed by atoms with van der Waals surface area (Å²) in [5.74, 6) is -2.00. The van der Waals surface area contributed by atoms with Crippen LogP contribution in [0.15, 0.2) is 42.0 Å². The number of hydrogen-bond donors (Lipinski definition) is 0. The summed E-state index contributed by atoms with van der Waals surface area (Å²) in [5, 5.41) is 0. The van der Waals surface area contributed by atoms with Gasteiger partial charge in [-0.1, -0.05) is 30.7 Å². The topological polar surface area (TPSA) is 34.6 Å². The number of nitrogens with zero attached hydrogens (tertiary/aromatic N) is 2. The Bertz CT molecular complexity index is 1050. The zero-order valence-electron chi connectivity index (χ0n) is 20.8. The summed E-state index contributed by atoms with van der Waals surface area (Å²) >= 11 is 0. The van der Waals surface area contributed by atoms with E-state index in [1.165, 1.54) is 16.7 Å². The molecule has 0 N–H and O–H groups in total. The van der Waals surface area contributed by atoms with E-state index in [9.17, 15) is 13.2 Å². The molecule has 0 bridgehead atoms. The molecule has 4 nitrogen and oxygen atoms in total. The molecular formula is C28H35F3N2O2. The first-order valence-electron chi connectivity index (χ1n) is 12.5. The summed E-state index contributed by atoms with van der Waals surface area (Å²) in [6.45, 7) is 2.85. The van der Waals surface area contributed by atoms with Crippen LogP contribution >= 0.6 is 0 Å². The lowest BCUT2D eigenvalue weighted by atomic mass is 9.85. The van der Waals surface area contributed by atoms with Gasteiger partial charge in [0.1, 0.15) is 0 Å². The first-order valence-corrected chi connectivity index (χ1v) is 12.5. The Morgan fingerprint density at radius 1 is 1.09 bits per heavy atom. The number of unbranched alkanes of at least 4 members (excludes halogenated alkanes) is 3. The lowest BCUT2D eigenvalue weighted by Crippen LogP contribution is -2.46. The highest BCUT2D eigenvalue weighted by molar-refractivity contribution is 5.79. The molecule has 4 rings (SSSR count). The summed E-state index contributed by atoms with van der Waals surface area (Å²) in [7, 11) is 1.55. The average molecular weight is 489 g/mol. The van der Waals surface area contributed by atoms with Gasteiger partial charge in [-0.15, -0.1) is 0 Å². The van der Waals surface area contributed by atoms with Crippen LogP contribution in [0, 0.1) is 0 Å². The minimum absolute atomic E-state index is 0.0688. The van der Waals surface area contributed by atoms with Crippen LogP contribution in [0.1, 0.15) is 68.7 Å². The zero-order valence-corrected chi connectivity index (χ0v) is 20.8. The van der Waals surface area contributed by atoms with Gasteiger partial charge in [0.15, 0.2) is 0 Å². The minimum Gasteiger partial charge on any atom is -0.481 e. The molecule has 2 heterocycles. The molecule has 0 saturated heterocycles. The molecular weight excluding hydrogens is 453 g/mol. The number of pyridine rings is 1. The quantitative estimate of drug-likeness (QED) is 0.326. The van der Waals surface area contributed by atoms with Gasteiger partial charge in [0.25, 0.3) is 5.92 Å². The number of aromatic nitrogens is 1. The van der Waals surface area contributed by atoms with Gasteiger partial charge >= 0.3 is 0 Å². The monoisotopic (exact) mass is 488 g/mol. The number of benzene rings is 1. The zero-order chi connectivity index (χ0) is 25.0. The SMILES string of the molecule is COc1nc(OCCCCCCF)ccc1[C@@H]1C2=C(C[C@@H](C)N1CC(C)(F)F)c1ccccc1C2. The highest BCUT2D eigenvalue weighted by Crippen LogP contribution is 2.50. The molecule has 0 saturated carbocycles. The molecule has 0 spiro atoms. The normalized spacial score (nSPS) is 20.1. The van der Waals surface area contributed by atoms with E-state index in [2.05, 4.69) is 17.1 Å². The fraction of sp³-hybridized carbons (Fsp3) is 0.536. The summed E-state index contributed by atoms with van der Waals surface area (Å²) in [6.07, 6.45) is 4.60. The Kier molecular flexibility index (Phi) is 8.05. The van der Waals surface area contributed by atoms with Crippen molar-refractivity contribution >= 4 is 5.57 Å². The Morgan fingerprint density at radius 2 is 1.86 bits per heavy atom. The van der Waals surface area contributed by atoms with Crippen LogP contribution in [-0.4, -0.2) is 48.8 Å². The van der Waals surface area contributed by atoms with Gasteiger partial charge in [-0.3, -0.25) is 9.29 Å². The van der Waals surface area contributed by atoms with Gasteiger partial charge in [-0.2, -0.15) is 4.98 Å². The maximum Gasteiger partial charge on any atom is 0.257 e. The van der Waals surface area contributed by atoms with E-state index in [1.54, 1.807) is 13.2 Å². The van der Waals surface area contributed by atoms with Crippen molar-refractivity contribution in [2.45, 2.75) is 70.4 Å². The van der Waals surface area contributed by atoms with Crippen molar-refractivity contribution in [3.8, 4) is 11.8 Å². The third-order valence-corrected chi connectivity index (χ3v) is 6.93. The van der Waals surface area contributed by atoms with Crippen LogP contribution in [0.4, 0.5) is 13.2 Å². The van der Waals surface area contributed by atoms with Crippen molar-refractivity contribution in [2.75, 3.05) is 26.9 Å². The van der Waals surface area contributed by atoms with E-state index in [0.717, 1.165) is 50.2 Å². The summed E-state index contributed by atoms with van der Waals surface area (Å²) < 4.78 is 52.4. The molecule has 1 aromatic heterocycles. The van der Waals surface area contributed by atoms with Crippen LogP contribution in [0.2, 0.25) is 0 Å². The Morgan fingerprint density at radius 3 is 2.60 bits per heavy atom. The van der Waals surface area contributed by atoms with Gasteiger partial charge in [0, 0.05) is 24.6 Å². The first kappa shape index (κ1) is 25.5. The number of rotatable bonds is 11. The number of methoxy groups -OCH3 is 1. The predicted molar refractivity (Wildman–Crippen MR) is 132 cm³/mol. The van der Waals surface area contributed by atoms with Gasteiger partial charge in [-0.25, -0.2) is 8.78 Å². The van der Waals surface area contributed by atoms with Gasteiger partial charge in [-0.05, 0) is 67.4 Å². The van der Waals surface area contributed by atoms with Crippen molar-refractivity contribution in [1.82, 2.24) is 9.88 Å². The van der Waals surface area contributed by atoms with E-state index in [0.29, 0.717) is 24.8 Å². The number of halogens is 3. The van der Waals surface area contributed by atoms with Crippen LogP contribution in [-0.2, 0) is 6.42 Å². The summed E-state index contributed by atoms with van der Waals surface area (Å²) in [5.41, 5.74) is 5.64. The molecule has 0 fully saturated rings. The lowest BCUT2D eigenvalue weighted by Gasteiger charge is -2.43. The molecule has 2 atom stereocenters. The standard InChI is InChI=1S/C28H35F3N2O2/c1-19-16-23-21-11-7-6-10-20(21)17-24(23)26(33(19)18-28(2,30)31)22-12-13-25(32-27(22)34-3)35-15-9-5-4-8-14-29/h6-7,10-13,19,26H,4-5,8-9,14-18H2,1-3H3/t19-,26-/m1/s1. The highest BCUT2D eigenvalue weighted by atomic mass is 19.3. The van der Waals surface area contributed by atoms with Crippen molar-refractivity contribution < 1.29 is 22.6 Å². The second-order valence-corrected chi connectivity index (χ2v) is 9.74. The van der Waals surface area contributed by atoms with Gasteiger partial charge in [0.05, 0.1) is 33.0 Å². The molecule has 190 valence electrons. The molecule has 1 aliphatic carbocycles. The molecule has 0 amide bonds. The fourth-order valence-electron chi connectivity index (χ4n) is 5.37. The Labute approximate surface area is 206 Å². The minimum atomic E-state index is -2.83. The van der Waals surface area contributed by atoms with Gasteiger partial charge in [0.2, 0.25) is 11.8 Å².